The van der Waals surface area contributed by atoms with Gasteiger partial charge in [0, 0.05) is 31.3 Å². The minimum Gasteiger partial charge on any atom is -0.497 e. The number of alkyl halides is 3. The van der Waals surface area contributed by atoms with Gasteiger partial charge in [0.15, 0.2) is 5.82 Å². The lowest BCUT2D eigenvalue weighted by molar-refractivity contribution is -0.137. The van der Waals surface area contributed by atoms with Crippen LogP contribution in [0.1, 0.15) is 46.0 Å². The average molecular weight is 646 g/mol. The van der Waals surface area contributed by atoms with Crippen LogP contribution < -0.4 is 10.1 Å². The molecule has 0 aliphatic carbocycles. The predicted molar refractivity (Wildman–Crippen MR) is 168 cm³/mol. The molecule has 2 aromatic carbocycles. The number of pyridine rings is 1. The fourth-order valence-corrected chi connectivity index (χ4v) is 5.32. The second kappa shape index (κ2) is 12.6. The number of carbonyl (C=O) groups excluding carboxylic acids is 1. The SMILES string of the molecule is COc1ccc(CNc2nc3cc(Cl)c(C(=O)N(Cc4ccc(C(F)(F)F)cn4)C(C)c4ncccn4)cc3n3cccc23)cc1. The Morgan fingerprint density at radius 3 is 2.46 bits per heavy atom. The number of amides is 1. The van der Waals surface area contributed by atoms with Crippen molar-refractivity contribution in [3.63, 3.8) is 0 Å². The molecule has 1 amide bonds. The molecule has 234 valence electrons. The van der Waals surface area contributed by atoms with Gasteiger partial charge in [-0.25, -0.2) is 15.0 Å². The molecule has 46 heavy (non-hydrogen) atoms. The molecule has 0 fully saturated rings. The normalized spacial score (nSPS) is 12.3. The van der Waals surface area contributed by atoms with E-state index < -0.39 is 23.7 Å². The van der Waals surface area contributed by atoms with E-state index in [0.717, 1.165) is 29.1 Å². The van der Waals surface area contributed by atoms with E-state index in [9.17, 15) is 18.0 Å². The van der Waals surface area contributed by atoms with Crippen molar-refractivity contribution < 1.29 is 22.7 Å². The van der Waals surface area contributed by atoms with Gasteiger partial charge >= 0.3 is 6.18 Å². The standard InChI is InChI=1S/C33H27ClF3N7O2/c1-20(30-38-12-4-13-39-30)44(19-23-9-8-22(18-40-23)33(35,36)37)32(45)25-15-29-27(16-26(25)34)42-31(28-5-3-14-43(28)29)41-17-21-6-10-24(46-2)11-7-21/h3-16,18,20H,17,19H2,1-2H3,(H,41,42). The Bertz CT molecular complexity index is 2000. The van der Waals surface area contributed by atoms with Gasteiger partial charge in [-0.1, -0.05) is 23.7 Å². The Hall–Kier alpha value is -5.23. The van der Waals surface area contributed by atoms with Gasteiger partial charge in [0.1, 0.15) is 11.6 Å². The Morgan fingerprint density at radius 2 is 1.78 bits per heavy atom. The summed E-state index contributed by atoms with van der Waals surface area (Å²) in [6.45, 7) is 2.13. The number of aromatic nitrogens is 5. The van der Waals surface area contributed by atoms with Crippen LogP contribution in [0.15, 0.2) is 91.5 Å². The molecule has 0 bridgehead atoms. The largest absolute Gasteiger partial charge is 0.497 e. The molecular formula is C33H27ClF3N7O2. The first kappa shape index (κ1) is 30.8. The molecule has 13 heteroatoms. The third-order valence-corrected chi connectivity index (χ3v) is 7.88. The van der Waals surface area contributed by atoms with Crippen molar-refractivity contribution in [2.24, 2.45) is 0 Å². The molecule has 0 aliphatic heterocycles. The number of benzene rings is 2. The molecule has 9 nitrogen and oxygen atoms in total. The smallest absolute Gasteiger partial charge is 0.417 e. The highest BCUT2D eigenvalue weighted by atomic mass is 35.5. The highest BCUT2D eigenvalue weighted by Gasteiger charge is 2.32. The third-order valence-electron chi connectivity index (χ3n) is 7.57. The fraction of sp³-hybridized carbons (Fsp3) is 0.182. The molecule has 0 saturated heterocycles. The lowest BCUT2D eigenvalue weighted by Crippen LogP contribution is -2.34. The molecule has 1 atom stereocenters. The topological polar surface area (TPSA) is 97.5 Å². The van der Waals surface area contributed by atoms with Gasteiger partial charge in [-0.2, -0.15) is 13.2 Å². The monoisotopic (exact) mass is 645 g/mol. The molecule has 0 saturated carbocycles. The van der Waals surface area contributed by atoms with Crippen molar-refractivity contribution >= 4 is 39.9 Å². The summed E-state index contributed by atoms with van der Waals surface area (Å²) in [6.07, 6.45) is 1.18. The first-order valence-corrected chi connectivity index (χ1v) is 14.6. The maximum absolute atomic E-state index is 14.2. The summed E-state index contributed by atoms with van der Waals surface area (Å²) in [5, 5.41) is 3.54. The predicted octanol–water partition coefficient (Wildman–Crippen LogP) is 7.37. The number of nitrogens with one attached hydrogen (secondary N) is 1. The Labute approximate surface area is 266 Å². The van der Waals surface area contributed by atoms with Gasteiger partial charge in [-0.3, -0.25) is 9.78 Å². The first-order chi connectivity index (χ1) is 22.1. The zero-order chi connectivity index (χ0) is 32.4. The number of nitrogens with zero attached hydrogens (tertiary/aromatic N) is 6. The number of rotatable bonds is 9. The average Bonchev–Trinajstić information content (AvgIpc) is 3.56. The highest BCUT2D eigenvalue weighted by Crippen LogP contribution is 2.32. The van der Waals surface area contributed by atoms with Gasteiger partial charge in [0.05, 0.1) is 58.1 Å². The lowest BCUT2D eigenvalue weighted by atomic mass is 10.1. The second-order valence-electron chi connectivity index (χ2n) is 10.5. The minimum atomic E-state index is -4.53. The molecule has 1 N–H and O–H groups in total. The molecule has 0 radical (unpaired) electrons. The molecule has 4 aromatic heterocycles. The van der Waals surface area contributed by atoms with Crippen molar-refractivity contribution in [2.45, 2.75) is 32.2 Å². The highest BCUT2D eigenvalue weighted by molar-refractivity contribution is 6.34. The van der Waals surface area contributed by atoms with Crippen LogP contribution in [-0.4, -0.2) is 42.3 Å². The Kier molecular flexibility index (Phi) is 8.46. The van der Waals surface area contributed by atoms with E-state index in [0.29, 0.717) is 29.2 Å². The zero-order valence-corrected chi connectivity index (χ0v) is 25.4. The molecule has 6 rings (SSSR count). The molecule has 0 spiro atoms. The number of fused-ring (bicyclic) bond motifs is 3. The van der Waals surface area contributed by atoms with Crippen LogP contribution in [0.4, 0.5) is 19.0 Å². The van der Waals surface area contributed by atoms with Crippen LogP contribution >= 0.6 is 11.6 Å². The van der Waals surface area contributed by atoms with Gasteiger partial charge in [-0.15, -0.1) is 0 Å². The van der Waals surface area contributed by atoms with Gasteiger partial charge < -0.3 is 19.4 Å². The molecule has 6 aromatic rings. The van der Waals surface area contributed by atoms with E-state index in [1.807, 2.05) is 47.0 Å². The molecule has 1 unspecified atom stereocenters. The molecule has 4 heterocycles. The van der Waals surface area contributed by atoms with E-state index in [2.05, 4.69) is 20.3 Å². The van der Waals surface area contributed by atoms with E-state index in [-0.39, 0.29) is 22.8 Å². The maximum atomic E-state index is 14.2. The van der Waals surface area contributed by atoms with Crippen LogP contribution in [0, 0.1) is 0 Å². The number of hydrogen-bond acceptors (Lipinski definition) is 7. The first-order valence-electron chi connectivity index (χ1n) is 14.2. The van der Waals surface area contributed by atoms with E-state index >= 15 is 0 Å². The third kappa shape index (κ3) is 6.29. The summed E-state index contributed by atoms with van der Waals surface area (Å²) in [5.74, 6) is 1.27. The van der Waals surface area contributed by atoms with Crippen molar-refractivity contribution in [2.75, 3.05) is 12.4 Å². The van der Waals surface area contributed by atoms with Crippen LogP contribution in [-0.2, 0) is 19.3 Å². The van der Waals surface area contributed by atoms with Crippen molar-refractivity contribution in [3.8, 4) is 5.75 Å². The Balaban J connectivity index is 1.35. The van der Waals surface area contributed by atoms with Crippen molar-refractivity contribution in [3.05, 3.63) is 125 Å². The number of methoxy groups -OCH3 is 1. The quantitative estimate of drug-likeness (QED) is 0.175. The van der Waals surface area contributed by atoms with Crippen LogP contribution in [0.25, 0.3) is 16.6 Å². The summed E-state index contributed by atoms with van der Waals surface area (Å²) in [7, 11) is 1.62. The maximum Gasteiger partial charge on any atom is 0.417 e. The summed E-state index contributed by atoms with van der Waals surface area (Å²) >= 11 is 6.74. The van der Waals surface area contributed by atoms with E-state index in [1.165, 1.54) is 11.0 Å². The lowest BCUT2D eigenvalue weighted by Gasteiger charge is -2.28. The van der Waals surface area contributed by atoms with Crippen molar-refractivity contribution in [1.82, 2.24) is 29.2 Å². The summed E-state index contributed by atoms with van der Waals surface area (Å²) in [4.78, 5) is 33.1. The number of ether oxygens (including phenoxy) is 1. The fourth-order valence-electron chi connectivity index (χ4n) is 5.08. The zero-order valence-electron chi connectivity index (χ0n) is 24.7. The molecule has 0 aliphatic rings. The number of carbonyl (C=O) groups is 1. The van der Waals surface area contributed by atoms with Gasteiger partial charge in [-0.05, 0) is 67.1 Å². The minimum absolute atomic E-state index is 0.115. The van der Waals surface area contributed by atoms with E-state index in [4.69, 9.17) is 21.3 Å². The number of halogens is 4. The van der Waals surface area contributed by atoms with Gasteiger partial charge in [0.25, 0.3) is 5.91 Å². The van der Waals surface area contributed by atoms with E-state index in [1.54, 1.807) is 44.6 Å². The second-order valence-corrected chi connectivity index (χ2v) is 10.9. The van der Waals surface area contributed by atoms with Crippen LogP contribution in [0.2, 0.25) is 5.02 Å². The van der Waals surface area contributed by atoms with Crippen LogP contribution in [0.3, 0.4) is 0 Å². The molecular weight excluding hydrogens is 619 g/mol. The number of anilines is 1. The van der Waals surface area contributed by atoms with Gasteiger partial charge in [0.2, 0.25) is 0 Å². The Morgan fingerprint density at radius 1 is 1.02 bits per heavy atom. The summed E-state index contributed by atoms with van der Waals surface area (Å²) in [5.41, 5.74) is 2.57. The summed E-state index contributed by atoms with van der Waals surface area (Å²) in [6, 6.07) is 17.9. The van der Waals surface area contributed by atoms with Crippen LogP contribution in [0.5, 0.6) is 5.75 Å². The summed E-state index contributed by atoms with van der Waals surface area (Å²) < 4.78 is 46.6. The van der Waals surface area contributed by atoms with Crippen molar-refractivity contribution in [1.29, 1.82) is 0 Å². The number of hydrogen-bond donors (Lipinski definition) is 1.